The molecule has 1 saturated heterocycles. The van der Waals surface area contributed by atoms with Crippen LogP contribution in [0.2, 0.25) is 0 Å². The van der Waals surface area contributed by atoms with Gasteiger partial charge in [0.2, 0.25) is 17.7 Å². The van der Waals surface area contributed by atoms with E-state index in [0.29, 0.717) is 31.2 Å². The molecule has 1 aromatic heterocycles. The van der Waals surface area contributed by atoms with Gasteiger partial charge < -0.3 is 14.7 Å². The van der Waals surface area contributed by atoms with Crippen molar-refractivity contribution in [3.05, 3.63) is 11.7 Å². The molecule has 1 N–H and O–H groups in total. The van der Waals surface area contributed by atoms with Gasteiger partial charge in [0, 0.05) is 32.4 Å². The summed E-state index contributed by atoms with van der Waals surface area (Å²) in [6, 6.07) is 0. The van der Waals surface area contributed by atoms with Crippen LogP contribution in [0.1, 0.15) is 45.3 Å². The molecule has 0 aromatic carbocycles. The molecule has 2 amide bonds. The Hall–Kier alpha value is -1.92. The van der Waals surface area contributed by atoms with E-state index in [1.165, 1.54) is 0 Å². The molecule has 0 unspecified atom stereocenters. The number of piperazine rings is 1. The Bertz CT molecular complexity index is 524. The normalized spacial score (nSPS) is 17.7. The highest BCUT2D eigenvalue weighted by molar-refractivity contribution is 5.91. The number of nitrogens with zero attached hydrogens (tertiary/aromatic N) is 3. The van der Waals surface area contributed by atoms with Crippen molar-refractivity contribution in [2.75, 3.05) is 13.1 Å². The molecule has 0 bridgehead atoms. The Morgan fingerprint density at radius 2 is 2.19 bits per heavy atom. The molecule has 1 fully saturated rings. The molecule has 7 nitrogen and oxygen atoms in total. The average molecular weight is 294 g/mol. The highest BCUT2D eigenvalue weighted by Gasteiger charge is 2.40. The van der Waals surface area contributed by atoms with Crippen LogP contribution >= 0.6 is 0 Å². The molecule has 0 radical (unpaired) electrons. The van der Waals surface area contributed by atoms with E-state index < -0.39 is 5.54 Å². The van der Waals surface area contributed by atoms with Crippen molar-refractivity contribution < 1.29 is 14.1 Å². The molecule has 1 aliphatic heterocycles. The number of amides is 2. The summed E-state index contributed by atoms with van der Waals surface area (Å²) in [6.07, 6.45) is 2.40. The summed E-state index contributed by atoms with van der Waals surface area (Å²) in [4.78, 5) is 30.0. The minimum absolute atomic E-state index is 0.0647. The van der Waals surface area contributed by atoms with Crippen molar-refractivity contribution in [1.82, 2.24) is 20.4 Å². The van der Waals surface area contributed by atoms with Gasteiger partial charge in [-0.15, -0.1) is 0 Å². The number of hydrogen-bond donors (Lipinski definition) is 1. The Balaban J connectivity index is 1.93. The van der Waals surface area contributed by atoms with Gasteiger partial charge in [0.1, 0.15) is 5.54 Å². The lowest BCUT2D eigenvalue weighted by atomic mass is 9.98. The van der Waals surface area contributed by atoms with Crippen LogP contribution in [0.5, 0.6) is 0 Å². The van der Waals surface area contributed by atoms with Gasteiger partial charge in [0.25, 0.3) is 0 Å². The van der Waals surface area contributed by atoms with Gasteiger partial charge in [-0.25, -0.2) is 0 Å². The summed E-state index contributed by atoms with van der Waals surface area (Å²) in [5.41, 5.74) is -0.808. The standard InChI is InChI=1S/C14H22N4O3/c1-4-5-10-16-11(21-17-10)6-7-12(19)18-9-8-15-13(20)14(18,2)3/h4-9H2,1-3H3,(H,15,20). The number of carbonyl (C=O) groups is 2. The number of aryl methyl sites for hydroxylation is 2. The number of hydrogen-bond acceptors (Lipinski definition) is 5. The predicted octanol–water partition coefficient (Wildman–Crippen LogP) is 0.692. The molecule has 0 atom stereocenters. The Kier molecular flexibility index (Phi) is 4.59. The molecule has 1 aliphatic rings. The SMILES string of the molecule is CCCc1noc(CCC(=O)N2CCNC(=O)C2(C)C)n1. The Morgan fingerprint density at radius 3 is 2.90 bits per heavy atom. The smallest absolute Gasteiger partial charge is 0.245 e. The summed E-state index contributed by atoms with van der Waals surface area (Å²) < 4.78 is 5.12. The predicted molar refractivity (Wildman–Crippen MR) is 75.4 cm³/mol. The molecule has 21 heavy (non-hydrogen) atoms. The van der Waals surface area contributed by atoms with Gasteiger partial charge in [-0.05, 0) is 20.3 Å². The topological polar surface area (TPSA) is 88.3 Å². The van der Waals surface area contributed by atoms with E-state index in [2.05, 4.69) is 15.5 Å². The first kappa shape index (κ1) is 15.5. The lowest BCUT2D eigenvalue weighted by Crippen LogP contribution is -2.63. The Labute approximate surface area is 124 Å². The van der Waals surface area contributed by atoms with Crippen molar-refractivity contribution in [3.8, 4) is 0 Å². The zero-order valence-electron chi connectivity index (χ0n) is 12.8. The average Bonchev–Trinajstić information content (AvgIpc) is 2.87. The molecular weight excluding hydrogens is 272 g/mol. The van der Waals surface area contributed by atoms with Crippen molar-refractivity contribution >= 4 is 11.8 Å². The maximum absolute atomic E-state index is 12.3. The van der Waals surface area contributed by atoms with Gasteiger partial charge in [0.05, 0.1) is 0 Å². The fourth-order valence-corrected chi connectivity index (χ4v) is 2.40. The van der Waals surface area contributed by atoms with Gasteiger partial charge in [-0.1, -0.05) is 12.1 Å². The van der Waals surface area contributed by atoms with Crippen LogP contribution in [0.25, 0.3) is 0 Å². The minimum atomic E-state index is -0.808. The maximum Gasteiger partial charge on any atom is 0.245 e. The third-order valence-electron chi connectivity index (χ3n) is 3.69. The third-order valence-corrected chi connectivity index (χ3v) is 3.69. The van der Waals surface area contributed by atoms with Crippen LogP contribution < -0.4 is 5.32 Å². The van der Waals surface area contributed by atoms with Crippen molar-refractivity contribution in [1.29, 1.82) is 0 Å². The van der Waals surface area contributed by atoms with Crippen LogP contribution in [0.4, 0.5) is 0 Å². The van der Waals surface area contributed by atoms with E-state index in [4.69, 9.17) is 4.52 Å². The zero-order chi connectivity index (χ0) is 15.5. The van der Waals surface area contributed by atoms with Crippen LogP contribution in [0.3, 0.4) is 0 Å². The summed E-state index contributed by atoms with van der Waals surface area (Å²) in [5, 5.41) is 6.64. The summed E-state index contributed by atoms with van der Waals surface area (Å²) in [7, 11) is 0. The van der Waals surface area contributed by atoms with E-state index in [1.54, 1.807) is 18.7 Å². The monoisotopic (exact) mass is 294 g/mol. The quantitative estimate of drug-likeness (QED) is 0.863. The van der Waals surface area contributed by atoms with Gasteiger partial charge in [-0.2, -0.15) is 4.98 Å². The van der Waals surface area contributed by atoms with E-state index in [9.17, 15) is 9.59 Å². The zero-order valence-corrected chi connectivity index (χ0v) is 12.8. The highest BCUT2D eigenvalue weighted by Crippen LogP contribution is 2.19. The molecule has 1 aromatic rings. The lowest BCUT2D eigenvalue weighted by molar-refractivity contribution is -0.149. The second-order valence-corrected chi connectivity index (χ2v) is 5.71. The minimum Gasteiger partial charge on any atom is -0.352 e. The summed E-state index contributed by atoms with van der Waals surface area (Å²) in [6.45, 7) is 6.58. The molecule has 2 heterocycles. The van der Waals surface area contributed by atoms with Crippen molar-refractivity contribution in [3.63, 3.8) is 0 Å². The van der Waals surface area contributed by atoms with Crippen LogP contribution in [0.15, 0.2) is 4.52 Å². The first-order valence-electron chi connectivity index (χ1n) is 7.35. The number of carbonyl (C=O) groups excluding carboxylic acids is 2. The second kappa shape index (κ2) is 6.24. The van der Waals surface area contributed by atoms with E-state index in [-0.39, 0.29) is 18.2 Å². The van der Waals surface area contributed by atoms with Crippen molar-refractivity contribution in [2.45, 2.75) is 52.0 Å². The molecule has 2 rings (SSSR count). The molecule has 0 saturated carbocycles. The van der Waals surface area contributed by atoms with E-state index in [0.717, 1.165) is 12.8 Å². The Morgan fingerprint density at radius 1 is 1.43 bits per heavy atom. The summed E-state index contributed by atoms with van der Waals surface area (Å²) >= 11 is 0. The van der Waals surface area contributed by atoms with Crippen LogP contribution in [-0.4, -0.2) is 45.5 Å². The highest BCUT2D eigenvalue weighted by atomic mass is 16.5. The van der Waals surface area contributed by atoms with Gasteiger partial charge in [-0.3, -0.25) is 9.59 Å². The number of rotatable bonds is 5. The summed E-state index contributed by atoms with van der Waals surface area (Å²) in [5.74, 6) is 0.971. The third kappa shape index (κ3) is 3.40. The molecule has 0 aliphatic carbocycles. The van der Waals surface area contributed by atoms with Gasteiger partial charge in [0.15, 0.2) is 5.82 Å². The lowest BCUT2D eigenvalue weighted by Gasteiger charge is -2.41. The fraction of sp³-hybridized carbons (Fsp3) is 0.714. The second-order valence-electron chi connectivity index (χ2n) is 5.71. The molecular formula is C14H22N4O3. The van der Waals surface area contributed by atoms with E-state index >= 15 is 0 Å². The van der Waals surface area contributed by atoms with E-state index in [1.807, 2.05) is 6.92 Å². The molecule has 7 heteroatoms. The molecule has 0 spiro atoms. The van der Waals surface area contributed by atoms with Gasteiger partial charge >= 0.3 is 0 Å². The van der Waals surface area contributed by atoms with Crippen LogP contribution in [0, 0.1) is 0 Å². The molecule has 116 valence electrons. The first-order chi connectivity index (χ1) is 9.95. The maximum atomic E-state index is 12.3. The first-order valence-corrected chi connectivity index (χ1v) is 7.35. The van der Waals surface area contributed by atoms with Crippen LogP contribution in [-0.2, 0) is 22.4 Å². The fourth-order valence-electron chi connectivity index (χ4n) is 2.40. The number of nitrogens with one attached hydrogen (secondary N) is 1. The number of aromatic nitrogens is 2. The van der Waals surface area contributed by atoms with Crippen molar-refractivity contribution in [2.24, 2.45) is 0 Å². The largest absolute Gasteiger partial charge is 0.352 e.